The highest BCUT2D eigenvalue weighted by molar-refractivity contribution is 5.49. The van der Waals surface area contributed by atoms with Gasteiger partial charge in [-0.1, -0.05) is 38.1 Å². The molecule has 3 nitrogen and oxygen atoms in total. The number of hydrogen-bond acceptors (Lipinski definition) is 3. The fourth-order valence-corrected chi connectivity index (χ4v) is 3.56. The molecule has 1 heterocycles. The lowest BCUT2D eigenvalue weighted by Crippen LogP contribution is -2.36. The first-order chi connectivity index (χ1) is 11.7. The van der Waals surface area contributed by atoms with Crippen molar-refractivity contribution in [2.24, 2.45) is 0 Å². The fraction of sp³-hybridized carbons (Fsp3) is 0.421. The van der Waals surface area contributed by atoms with Crippen LogP contribution < -0.4 is 10.6 Å². The Morgan fingerprint density at radius 3 is 2.44 bits per heavy atom. The lowest BCUT2D eigenvalue weighted by molar-refractivity contribution is -0.157. The first kappa shape index (κ1) is 17.7. The zero-order valence-corrected chi connectivity index (χ0v) is 14.5. The molecule has 0 saturated carbocycles. The van der Waals surface area contributed by atoms with E-state index in [0.29, 0.717) is 0 Å². The van der Waals surface area contributed by atoms with Crippen molar-refractivity contribution in [2.45, 2.75) is 43.9 Å². The van der Waals surface area contributed by atoms with Gasteiger partial charge < -0.3 is 10.6 Å². The van der Waals surface area contributed by atoms with E-state index in [2.05, 4.69) is 41.6 Å². The Morgan fingerprint density at radius 2 is 1.88 bits per heavy atom. The van der Waals surface area contributed by atoms with Gasteiger partial charge in [0.2, 0.25) is 0 Å². The molecule has 2 atom stereocenters. The molecule has 0 spiro atoms. The van der Waals surface area contributed by atoms with Gasteiger partial charge in [-0.25, -0.2) is 0 Å². The monoisotopic (exact) mass is 349 g/mol. The lowest BCUT2D eigenvalue weighted by Gasteiger charge is -2.30. The molecule has 2 aromatic rings. The minimum absolute atomic E-state index is 0.0329. The van der Waals surface area contributed by atoms with Gasteiger partial charge in [-0.3, -0.25) is 4.98 Å². The molecule has 0 aliphatic heterocycles. The number of anilines is 1. The molecular weight excluding hydrogens is 327 g/mol. The average Bonchev–Trinajstić information content (AvgIpc) is 2.80. The van der Waals surface area contributed by atoms with Crippen LogP contribution in [0, 0.1) is 0 Å². The molecule has 25 heavy (non-hydrogen) atoms. The summed E-state index contributed by atoms with van der Waals surface area (Å²) in [6.07, 6.45) is -2.01. The third-order valence-corrected chi connectivity index (χ3v) is 5.05. The molecule has 2 N–H and O–H groups in total. The van der Waals surface area contributed by atoms with Gasteiger partial charge in [-0.15, -0.1) is 0 Å². The summed E-state index contributed by atoms with van der Waals surface area (Å²) >= 11 is 0. The van der Waals surface area contributed by atoms with E-state index in [1.54, 1.807) is 6.07 Å². The molecule has 3 rings (SSSR count). The van der Waals surface area contributed by atoms with Crippen molar-refractivity contribution in [3.63, 3.8) is 0 Å². The summed E-state index contributed by atoms with van der Waals surface area (Å²) in [7, 11) is 1.28. The van der Waals surface area contributed by atoms with E-state index in [1.807, 2.05) is 12.1 Å². The molecule has 0 amide bonds. The van der Waals surface area contributed by atoms with Crippen LogP contribution in [0.4, 0.5) is 18.9 Å². The minimum Gasteiger partial charge on any atom is -0.380 e. The van der Waals surface area contributed by atoms with Crippen LogP contribution >= 0.6 is 0 Å². The second kappa shape index (κ2) is 6.33. The molecule has 0 unspecified atom stereocenters. The van der Waals surface area contributed by atoms with E-state index < -0.39 is 12.2 Å². The van der Waals surface area contributed by atoms with Crippen molar-refractivity contribution in [2.75, 3.05) is 12.4 Å². The Hall–Kier alpha value is -2.08. The summed E-state index contributed by atoms with van der Waals surface area (Å²) in [5.74, 6) is 0. The molecule has 1 aromatic heterocycles. The van der Waals surface area contributed by atoms with Crippen molar-refractivity contribution in [1.29, 1.82) is 0 Å². The van der Waals surface area contributed by atoms with Gasteiger partial charge in [-0.05, 0) is 36.7 Å². The van der Waals surface area contributed by atoms with Crippen LogP contribution in [0.15, 0.2) is 42.6 Å². The van der Waals surface area contributed by atoms with E-state index in [4.69, 9.17) is 0 Å². The van der Waals surface area contributed by atoms with Gasteiger partial charge >= 0.3 is 6.18 Å². The standard InChI is InChI=1S/C19H22F3N3/c1-18(2)14-7-5-4-6-12(14)10-16(18)25-13-8-9-15(24-11-13)17(23-3)19(20,21)22/h4-9,11,16-17,23,25H,10H2,1-3H3/t16-,17+/m1/s1. The van der Waals surface area contributed by atoms with Gasteiger partial charge in [0.1, 0.15) is 6.04 Å². The number of rotatable bonds is 4. The van der Waals surface area contributed by atoms with Crippen LogP contribution in [-0.4, -0.2) is 24.2 Å². The quantitative estimate of drug-likeness (QED) is 0.868. The Morgan fingerprint density at radius 1 is 1.16 bits per heavy atom. The summed E-state index contributed by atoms with van der Waals surface area (Å²) < 4.78 is 38.9. The molecule has 1 aliphatic carbocycles. The van der Waals surface area contributed by atoms with Gasteiger partial charge in [0.15, 0.2) is 0 Å². The van der Waals surface area contributed by atoms with Crippen LogP contribution in [0.2, 0.25) is 0 Å². The maximum absolute atomic E-state index is 13.0. The SMILES string of the molecule is CN[C@@H](c1ccc(N[C@@H]2Cc3ccccc3C2(C)C)cn1)C(F)(F)F. The number of alkyl halides is 3. The van der Waals surface area contributed by atoms with Crippen molar-refractivity contribution >= 4 is 5.69 Å². The number of hydrogen-bond donors (Lipinski definition) is 2. The number of benzene rings is 1. The molecule has 1 aliphatic rings. The topological polar surface area (TPSA) is 37.0 Å². The Bertz CT molecular complexity index is 738. The predicted molar refractivity (Wildman–Crippen MR) is 92.7 cm³/mol. The number of nitrogens with zero attached hydrogens (tertiary/aromatic N) is 1. The van der Waals surface area contributed by atoms with Gasteiger partial charge in [0, 0.05) is 11.5 Å². The van der Waals surface area contributed by atoms with Crippen LogP contribution in [-0.2, 0) is 11.8 Å². The van der Waals surface area contributed by atoms with Crippen LogP contribution in [0.5, 0.6) is 0 Å². The number of nitrogens with one attached hydrogen (secondary N) is 2. The largest absolute Gasteiger partial charge is 0.409 e. The van der Waals surface area contributed by atoms with Gasteiger partial charge in [0.25, 0.3) is 0 Å². The highest BCUT2D eigenvalue weighted by Crippen LogP contribution is 2.40. The number of pyridine rings is 1. The zero-order valence-electron chi connectivity index (χ0n) is 14.5. The smallest absolute Gasteiger partial charge is 0.380 e. The number of aromatic nitrogens is 1. The highest BCUT2D eigenvalue weighted by atomic mass is 19.4. The fourth-order valence-electron chi connectivity index (χ4n) is 3.56. The molecule has 1 aromatic carbocycles. The van der Waals surface area contributed by atoms with Crippen LogP contribution in [0.3, 0.4) is 0 Å². The van der Waals surface area contributed by atoms with E-state index in [1.165, 1.54) is 30.4 Å². The molecule has 6 heteroatoms. The molecular formula is C19H22F3N3. The van der Waals surface area contributed by atoms with Crippen molar-refractivity contribution in [3.8, 4) is 0 Å². The second-order valence-corrected chi connectivity index (χ2v) is 7.01. The minimum atomic E-state index is -4.37. The average molecular weight is 349 g/mol. The molecule has 0 bridgehead atoms. The van der Waals surface area contributed by atoms with E-state index in [9.17, 15) is 13.2 Å². The first-order valence-electron chi connectivity index (χ1n) is 8.28. The molecule has 0 fully saturated rings. The molecule has 134 valence electrons. The normalized spacial score (nSPS) is 20.2. The number of halogens is 3. The maximum atomic E-state index is 13.0. The predicted octanol–water partition coefficient (Wildman–Crippen LogP) is 4.22. The van der Waals surface area contributed by atoms with Gasteiger partial charge in [-0.2, -0.15) is 13.2 Å². The maximum Gasteiger partial charge on any atom is 0.409 e. The first-order valence-corrected chi connectivity index (χ1v) is 8.28. The van der Waals surface area contributed by atoms with Crippen molar-refractivity contribution < 1.29 is 13.2 Å². The second-order valence-electron chi connectivity index (χ2n) is 7.01. The highest BCUT2D eigenvalue weighted by Gasteiger charge is 2.41. The Balaban J connectivity index is 1.77. The van der Waals surface area contributed by atoms with Crippen LogP contribution in [0.25, 0.3) is 0 Å². The van der Waals surface area contributed by atoms with Crippen LogP contribution in [0.1, 0.15) is 36.7 Å². The van der Waals surface area contributed by atoms with Crippen molar-refractivity contribution in [1.82, 2.24) is 10.3 Å². The Labute approximate surface area is 145 Å². The summed E-state index contributed by atoms with van der Waals surface area (Å²) in [5, 5.41) is 5.70. The Kier molecular flexibility index (Phi) is 4.49. The van der Waals surface area contributed by atoms with Crippen molar-refractivity contribution in [3.05, 3.63) is 59.4 Å². The third-order valence-electron chi connectivity index (χ3n) is 5.05. The molecule has 0 saturated heterocycles. The molecule has 0 radical (unpaired) electrons. The van der Waals surface area contributed by atoms with Gasteiger partial charge in [0.05, 0.1) is 17.6 Å². The number of fused-ring (bicyclic) bond motifs is 1. The summed E-state index contributed by atoms with van der Waals surface area (Å²) in [6.45, 7) is 4.36. The van der Waals surface area contributed by atoms with E-state index >= 15 is 0 Å². The van der Waals surface area contributed by atoms with E-state index in [-0.39, 0.29) is 17.2 Å². The summed E-state index contributed by atoms with van der Waals surface area (Å²) in [5.41, 5.74) is 3.25. The zero-order chi connectivity index (χ0) is 18.2. The summed E-state index contributed by atoms with van der Waals surface area (Å²) in [4.78, 5) is 4.01. The summed E-state index contributed by atoms with van der Waals surface area (Å²) in [6, 6.07) is 9.83. The third kappa shape index (κ3) is 3.35. The lowest BCUT2D eigenvalue weighted by atomic mass is 9.83. The van der Waals surface area contributed by atoms with E-state index in [0.717, 1.165) is 12.1 Å².